The zero-order valence-electron chi connectivity index (χ0n) is 11.1. The molecule has 1 amide bonds. The van der Waals surface area contributed by atoms with Gasteiger partial charge in [-0.2, -0.15) is 0 Å². The molecule has 0 fully saturated rings. The van der Waals surface area contributed by atoms with E-state index in [0.29, 0.717) is 11.4 Å². The molecule has 0 saturated carbocycles. The van der Waals surface area contributed by atoms with Crippen molar-refractivity contribution >= 4 is 32.8 Å². The van der Waals surface area contributed by atoms with Crippen molar-refractivity contribution in [1.29, 1.82) is 0 Å². The van der Waals surface area contributed by atoms with E-state index in [2.05, 4.69) is 10.3 Å². The van der Waals surface area contributed by atoms with E-state index in [4.69, 9.17) is 0 Å². The minimum Gasteiger partial charge on any atom is -0.326 e. The van der Waals surface area contributed by atoms with Crippen molar-refractivity contribution in [3.05, 3.63) is 40.3 Å². The Hall–Kier alpha value is -1.73. The number of nitrogens with one attached hydrogen (secondary N) is 1. The van der Waals surface area contributed by atoms with Crippen LogP contribution in [0.3, 0.4) is 0 Å². The van der Waals surface area contributed by atoms with E-state index in [1.54, 1.807) is 17.5 Å². The number of carbonyl (C=O) groups is 1. The van der Waals surface area contributed by atoms with Crippen LogP contribution in [0.4, 0.5) is 5.69 Å². The summed E-state index contributed by atoms with van der Waals surface area (Å²) in [4.78, 5) is 15.3. The minimum absolute atomic E-state index is 0.114. The maximum atomic E-state index is 12.2. The fourth-order valence-electron chi connectivity index (χ4n) is 1.70. The van der Waals surface area contributed by atoms with Crippen molar-refractivity contribution in [3.63, 3.8) is 0 Å². The number of carbonyl (C=O) groups excluding carboxylic acids is 1. The molecule has 0 saturated heterocycles. The molecule has 0 atom stereocenters. The molecule has 1 N–H and O–H groups in total. The number of hydrogen-bond donors (Lipinski definition) is 1. The monoisotopic (exact) mass is 310 g/mol. The first kappa shape index (κ1) is 14.7. The molecule has 5 nitrogen and oxygen atoms in total. The Labute approximate surface area is 121 Å². The summed E-state index contributed by atoms with van der Waals surface area (Å²) in [5, 5.41) is 5.18. The van der Waals surface area contributed by atoms with E-state index in [-0.39, 0.29) is 16.6 Å². The first-order chi connectivity index (χ1) is 9.37. The lowest BCUT2D eigenvalue weighted by atomic mass is 10.3. The minimum atomic E-state index is -3.41. The van der Waals surface area contributed by atoms with Crippen molar-refractivity contribution in [2.24, 2.45) is 0 Å². The second-order valence-corrected chi connectivity index (χ2v) is 7.37. The summed E-state index contributed by atoms with van der Waals surface area (Å²) >= 11 is 1.43. The number of amides is 1. The predicted molar refractivity (Wildman–Crippen MR) is 78.5 cm³/mol. The molecular weight excluding hydrogens is 296 g/mol. The van der Waals surface area contributed by atoms with Gasteiger partial charge in [0.05, 0.1) is 21.3 Å². The number of nitrogens with zero attached hydrogens (tertiary/aromatic N) is 1. The maximum Gasteiger partial charge on any atom is 0.221 e. The molecule has 106 valence electrons. The van der Waals surface area contributed by atoms with Crippen molar-refractivity contribution < 1.29 is 13.2 Å². The van der Waals surface area contributed by atoms with Crippen LogP contribution in [0.5, 0.6) is 0 Å². The standard InChI is InChI=1S/C13H14N2O3S2/c1-9(16)14-11-3-5-13(6-4-11)20(17,18)8-12-7-19-10(2)15-12/h3-7H,8H2,1-2H3,(H,14,16). The molecule has 0 aliphatic heterocycles. The van der Waals surface area contributed by atoms with Gasteiger partial charge in [0.15, 0.2) is 9.84 Å². The third kappa shape index (κ3) is 3.64. The summed E-state index contributed by atoms with van der Waals surface area (Å²) in [5.74, 6) is -0.310. The average molecular weight is 310 g/mol. The van der Waals surface area contributed by atoms with Gasteiger partial charge in [-0.05, 0) is 31.2 Å². The summed E-state index contributed by atoms with van der Waals surface area (Å²) < 4.78 is 24.4. The molecule has 7 heteroatoms. The number of sulfone groups is 1. The van der Waals surface area contributed by atoms with Crippen molar-refractivity contribution in [1.82, 2.24) is 4.98 Å². The van der Waals surface area contributed by atoms with Gasteiger partial charge in [-0.1, -0.05) is 0 Å². The van der Waals surface area contributed by atoms with Crippen molar-refractivity contribution in [2.75, 3.05) is 5.32 Å². The van der Waals surface area contributed by atoms with Crippen molar-refractivity contribution in [3.8, 4) is 0 Å². The second kappa shape index (κ2) is 5.72. The molecule has 0 radical (unpaired) electrons. The topological polar surface area (TPSA) is 76.1 Å². The van der Waals surface area contributed by atoms with Gasteiger partial charge in [0.2, 0.25) is 5.91 Å². The van der Waals surface area contributed by atoms with Gasteiger partial charge in [-0.25, -0.2) is 13.4 Å². The first-order valence-corrected chi connectivity index (χ1v) is 8.41. The number of aryl methyl sites for hydroxylation is 1. The van der Waals surface area contributed by atoms with E-state index >= 15 is 0 Å². The fraction of sp³-hybridized carbons (Fsp3) is 0.231. The van der Waals surface area contributed by atoms with E-state index < -0.39 is 9.84 Å². The Morgan fingerprint density at radius 3 is 2.45 bits per heavy atom. The SMILES string of the molecule is CC(=O)Nc1ccc(S(=O)(=O)Cc2csc(C)n2)cc1. The lowest BCUT2D eigenvalue weighted by Gasteiger charge is -2.05. The van der Waals surface area contributed by atoms with Gasteiger partial charge in [0.1, 0.15) is 0 Å². The van der Waals surface area contributed by atoms with Crippen LogP contribution in [0.1, 0.15) is 17.6 Å². The van der Waals surface area contributed by atoms with Crippen LogP contribution in [0.2, 0.25) is 0 Å². The first-order valence-electron chi connectivity index (χ1n) is 5.88. The maximum absolute atomic E-state index is 12.2. The number of benzene rings is 1. The van der Waals surface area contributed by atoms with E-state index in [0.717, 1.165) is 5.01 Å². The van der Waals surface area contributed by atoms with Gasteiger partial charge in [-0.3, -0.25) is 4.79 Å². The Kier molecular flexibility index (Phi) is 4.20. The van der Waals surface area contributed by atoms with Crippen LogP contribution in [0.25, 0.3) is 0 Å². The average Bonchev–Trinajstić information content (AvgIpc) is 2.74. The van der Waals surface area contributed by atoms with Crippen LogP contribution in [0, 0.1) is 6.92 Å². The molecule has 2 rings (SSSR count). The molecule has 0 aliphatic carbocycles. The zero-order chi connectivity index (χ0) is 14.8. The van der Waals surface area contributed by atoms with Gasteiger partial charge in [-0.15, -0.1) is 11.3 Å². The number of rotatable bonds is 4. The van der Waals surface area contributed by atoms with Crippen LogP contribution in [-0.2, 0) is 20.4 Å². The summed E-state index contributed by atoms with van der Waals surface area (Å²) in [6.07, 6.45) is 0. The number of hydrogen-bond acceptors (Lipinski definition) is 5. The fourth-order valence-corrected chi connectivity index (χ4v) is 3.67. The molecule has 1 aromatic carbocycles. The number of anilines is 1. The molecule has 0 aliphatic rings. The molecule has 2 aromatic rings. The van der Waals surface area contributed by atoms with Gasteiger partial charge in [0.25, 0.3) is 0 Å². The van der Waals surface area contributed by atoms with Gasteiger partial charge < -0.3 is 5.32 Å². The normalized spacial score (nSPS) is 11.3. The van der Waals surface area contributed by atoms with Gasteiger partial charge in [0, 0.05) is 18.0 Å². The summed E-state index contributed by atoms with van der Waals surface area (Å²) in [7, 11) is -3.41. The smallest absolute Gasteiger partial charge is 0.221 e. The highest BCUT2D eigenvalue weighted by molar-refractivity contribution is 7.90. The number of thiazole rings is 1. The Balaban J connectivity index is 2.19. The highest BCUT2D eigenvalue weighted by atomic mass is 32.2. The Bertz CT molecular complexity index is 718. The molecule has 1 heterocycles. The zero-order valence-corrected chi connectivity index (χ0v) is 12.7. The Morgan fingerprint density at radius 2 is 1.95 bits per heavy atom. The van der Waals surface area contributed by atoms with Crippen LogP contribution in [0.15, 0.2) is 34.5 Å². The molecule has 0 spiro atoms. The van der Waals surface area contributed by atoms with E-state index in [9.17, 15) is 13.2 Å². The third-order valence-electron chi connectivity index (χ3n) is 2.54. The molecule has 20 heavy (non-hydrogen) atoms. The summed E-state index contributed by atoms with van der Waals surface area (Å²) in [6.45, 7) is 3.23. The predicted octanol–water partition coefficient (Wildman–Crippen LogP) is 2.38. The highest BCUT2D eigenvalue weighted by Crippen LogP contribution is 2.19. The van der Waals surface area contributed by atoms with Crippen molar-refractivity contribution in [2.45, 2.75) is 24.5 Å². The lowest BCUT2D eigenvalue weighted by Crippen LogP contribution is -2.07. The number of aromatic nitrogens is 1. The largest absolute Gasteiger partial charge is 0.326 e. The van der Waals surface area contributed by atoms with E-state index in [1.807, 2.05) is 6.92 Å². The van der Waals surface area contributed by atoms with Crippen LogP contribution >= 0.6 is 11.3 Å². The molecule has 1 aromatic heterocycles. The van der Waals surface area contributed by atoms with Gasteiger partial charge >= 0.3 is 0 Å². The molecule has 0 unspecified atom stereocenters. The van der Waals surface area contributed by atoms with Crippen LogP contribution in [-0.4, -0.2) is 19.3 Å². The summed E-state index contributed by atoms with van der Waals surface area (Å²) in [5.41, 5.74) is 1.12. The molecule has 0 bridgehead atoms. The van der Waals surface area contributed by atoms with Crippen LogP contribution < -0.4 is 5.32 Å². The summed E-state index contributed by atoms with van der Waals surface area (Å²) in [6, 6.07) is 6.11. The highest BCUT2D eigenvalue weighted by Gasteiger charge is 2.17. The van der Waals surface area contributed by atoms with E-state index in [1.165, 1.54) is 30.4 Å². The second-order valence-electron chi connectivity index (χ2n) is 4.32. The molecular formula is C13H14N2O3S2. The Morgan fingerprint density at radius 1 is 1.30 bits per heavy atom. The third-order valence-corrected chi connectivity index (χ3v) is 5.03. The lowest BCUT2D eigenvalue weighted by molar-refractivity contribution is -0.114. The quantitative estimate of drug-likeness (QED) is 0.940.